The fraction of sp³-hybridized carbons (Fsp3) is 0.105. The molecule has 27 heavy (non-hydrogen) atoms. The SMILES string of the molecule is O=C(CSc1nnc(NCc2ccco2)s1)Nc1cccc2ccccc12. The largest absolute Gasteiger partial charge is 0.467 e. The number of fused-ring (bicyclic) bond motifs is 1. The molecule has 1 amide bonds. The molecule has 0 atom stereocenters. The Morgan fingerprint density at radius 3 is 2.85 bits per heavy atom. The Balaban J connectivity index is 1.31. The molecule has 2 aromatic carbocycles. The van der Waals surface area contributed by atoms with Gasteiger partial charge in [0.15, 0.2) is 4.34 Å². The van der Waals surface area contributed by atoms with Crippen LogP contribution in [0, 0.1) is 0 Å². The second-order valence-electron chi connectivity index (χ2n) is 5.67. The van der Waals surface area contributed by atoms with Gasteiger partial charge in [-0.05, 0) is 23.6 Å². The second-order valence-corrected chi connectivity index (χ2v) is 7.87. The van der Waals surface area contributed by atoms with Crippen LogP contribution in [0.2, 0.25) is 0 Å². The van der Waals surface area contributed by atoms with E-state index in [1.54, 1.807) is 6.26 Å². The zero-order valence-corrected chi connectivity index (χ0v) is 15.8. The molecule has 2 heterocycles. The van der Waals surface area contributed by atoms with Crippen LogP contribution in [0.25, 0.3) is 10.8 Å². The molecule has 0 radical (unpaired) electrons. The highest BCUT2D eigenvalue weighted by molar-refractivity contribution is 8.01. The molecular formula is C19H16N4O2S2. The number of anilines is 2. The Morgan fingerprint density at radius 2 is 1.96 bits per heavy atom. The maximum absolute atomic E-state index is 12.3. The number of hydrogen-bond donors (Lipinski definition) is 2. The number of hydrogen-bond acceptors (Lipinski definition) is 7. The van der Waals surface area contributed by atoms with Gasteiger partial charge in [0, 0.05) is 11.1 Å². The van der Waals surface area contributed by atoms with Crippen molar-refractivity contribution in [2.24, 2.45) is 0 Å². The number of amides is 1. The molecule has 0 bridgehead atoms. The lowest BCUT2D eigenvalue weighted by atomic mass is 10.1. The van der Waals surface area contributed by atoms with E-state index in [-0.39, 0.29) is 11.7 Å². The number of carbonyl (C=O) groups excluding carboxylic acids is 1. The Labute approximate surface area is 164 Å². The summed E-state index contributed by atoms with van der Waals surface area (Å²) in [5.41, 5.74) is 0.816. The molecular weight excluding hydrogens is 380 g/mol. The Kier molecular flexibility index (Phi) is 5.36. The first-order valence-corrected chi connectivity index (χ1v) is 10.1. The van der Waals surface area contributed by atoms with Gasteiger partial charge in [0.1, 0.15) is 5.76 Å². The molecule has 0 spiro atoms. The van der Waals surface area contributed by atoms with Crippen molar-refractivity contribution in [3.05, 3.63) is 66.6 Å². The quantitative estimate of drug-likeness (QED) is 0.444. The lowest BCUT2D eigenvalue weighted by Gasteiger charge is -2.08. The number of rotatable bonds is 7. The van der Waals surface area contributed by atoms with Crippen molar-refractivity contribution in [2.45, 2.75) is 10.9 Å². The van der Waals surface area contributed by atoms with Crippen LogP contribution < -0.4 is 10.6 Å². The van der Waals surface area contributed by atoms with Crippen molar-refractivity contribution in [2.75, 3.05) is 16.4 Å². The van der Waals surface area contributed by atoms with Gasteiger partial charge in [0.25, 0.3) is 0 Å². The molecule has 2 N–H and O–H groups in total. The summed E-state index contributed by atoms with van der Waals surface area (Å²) in [6, 6.07) is 17.6. The minimum atomic E-state index is -0.0725. The molecule has 0 saturated heterocycles. The first-order valence-electron chi connectivity index (χ1n) is 8.28. The molecule has 0 aliphatic carbocycles. The first kappa shape index (κ1) is 17.6. The van der Waals surface area contributed by atoms with Crippen molar-refractivity contribution < 1.29 is 9.21 Å². The number of thioether (sulfide) groups is 1. The summed E-state index contributed by atoms with van der Waals surface area (Å²) in [5.74, 6) is 1.03. The van der Waals surface area contributed by atoms with E-state index < -0.39 is 0 Å². The fourth-order valence-corrected chi connectivity index (χ4v) is 4.11. The molecule has 0 saturated carbocycles. The van der Waals surface area contributed by atoms with E-state index in [4.69, 9.17) is 4.42 Å². The topological polar surface area (TPSA) is 80.1 Å². The number of aromatic nitrogens is 2. The maximum atomic E-state index is 12.3. The monoisotopic (exact) mass is 396 g/mol. The first-order chi connectivity index (χ1) is 13.3. The van der Waals surface area contributed by atoms with Gasteiger partial charge in [-0.3, -0.25) is 4.79 Å². The summed E-state index contributed by atoms with van der Waals surface area (Å²) in [7, 11) is 0. The third kappa shape index (κ3) is 4.47. The standard InChI is InChI=1S/C19H16N4O2S2/c24-17(21-16-9-3-6-13-5-1-2-8-15(13)16)12-26-19-23-22-18(27-19)20-11-14-7-4-10-25-14/h1-10H,11-12H2,(H,20,22)(H,21,24). The van der Waals surface area contributed by atoms with E-state index >= 15 is 0 Å². The molecule has 2 aromatic heterocycles. The van der Waals surface area contributed by atoms with Crippen LogP contribution in [0.15, 0.2) is 69.6 Å². The van der Waals surface area contributed by atoms with Crippen LogP contribution in [0.3, 0.4) is 0 Å². The molecule has 4 rings (SSSR count). The van der Waals surface area contributed by atoms with Gasteiger partial charge < -0.3 is 15.1 Å². The third-order valence-electron chi connectivity index (χ3n) is 3.79. The second kappa shape index (κ2) is 8.24. The van der Waals surface area contributed by atoms with Gasteiger partial charge in [-0.25, -0.2) is 0 Å². The van der Waals surface area contributed by atoms with Crippen molar-refractivity contribution >= 4 is 50.6 Å². The molecule has 0 aliphatic rings. The summed E-state index contributed by atoms with van der Waals surface area (Å²) in [4.78, 5) is 12.3. The minimum Gasteiger partial charge on any atom is -0.467 e. The van der Waals surface area contributed by atoms with Crippen molar-refractivity contribution in [3.63, 3.8) is 0 Å². The molecule has 0 fully saturated rings. The predicted molar refractivity (Wildman–Crippen MR) is 109 cm³/mol. The van der Waals surface area contributed by atoms with Crippen molar-refractivity contribution in [1.82, 2.24) is 10.2 Å². The van der Waals surface area contributed by atoms with E-state index in [1.807, 2.05) is 54.6 Å². The molecule has 4 aromatic rings. The van der Waals surface area contributed by atoms with E-state index in [0.717, 1.165) is 26.6 Å². The van der Waals surface area contributed by atoms with Crippen LogP contribution >= 0.6 is 23.1 Å². The van der Waals surface area contributed by atoms with Gasteiger partial charge in [-0.15, -0.1) is 10.2 Å². The van der Waals surface area contributed by atoms with Gasteiger partial charge in [0.05, 0.1) is 18.6 Å². The maximum Gasteiger partial charge on any atom is 0.234 e. The predicted octanol–water partition coefficient (Wildman–Crippen LogP) is 4.63. The van der Waals surface area contributed by atoms with Crippen LogP contribution in [-0.4, -0.2) is 21.9 Å². The van der Waals surface area contributed by atoms with E-state index in [1.165, 1.54) is 23.1 Å². The number of carbonyl (C=O) groups is 1. The zero-order chi connectivity index (χ0) is 18.5. The Morgan fingerprint density at radius 1 is 1.07 bits per heavy atom. The van der Waals surface area contributed by atoms with Gasteiger partial charge in [-0.1, -0.05) is 59.5 Å². The van der Waals surface area contributed by atoms with E-state index in [0.29, 0.717) is 11.7 Å². The summed E-state index contributed by atoms with van der Waals surface area (Å²) >= 11 is 2.78. The smallest absolute Gasteiger partial charge is 0.234 e. The molecule has 8 heteroatoms. The van der Waals surface area contributed by atoms with Crippen molar-refractivity contribution in [1.29, 1.82) is 0 Å². The van der Waals surface area contributed by atoms with Crippen LogP contribution in [0.1, 0.15) is 5.76 Å². The minimum absolute atomic E-state index is 0.0725. The lowest BCUT2D eigenvalue weighted by molar-refractivity contribution is -0.113. The van der Waals surface area contributed by atoms with Crippen molar-refractivity contribution in [3.8, 4) is 0 Å². The zero-order valence-electron chi connectivity index (χ0n) is 14.2. The number of benzene rings is 2. The highest BCUT2D eigenvalue weighted by atomic mass is 32.2. The number of nitrogens with zero attached hydrogens (tertiary/aromatic N) is 2. The summed E-state index contributed by atoms with van der Waals surface area (Å²) in [6.07, 6.45) is 1.63. The lowest BCUT2D eigenvalue weighted by Crippen LogP contribution is -2.14. The summed E-state index contributed by atoms with van der Waals surface area (Å²) in [5, 5.41) is 17.1. The average Bonchev–Trinajstić information content (AvgIpc) is 3.37. The fourth-order valence-electron chi connectivity index (χ4n) is 2.56. The molecule has 0 unspecified atom stereocenters. The Bertz CT molecular complexity index is 1040. The van der Waals surface area contributed by atoms with Gasteiger partial charge >= 0.3 is 0 Å². The van der Waals surface area contributed by atoms with Crippen LogP contribution in [0.4, 0.5) is 10.8 Å². The average molecular weight is 396 g/mol. The number of nitrogens with one attached hydrogen (secondary N) is 2. The van der Waals surface area contributed by atoms with Gasteiger partial charge in [-0.2, -0.15) is 0 Å². The normalized spacial score (nSPS) is 10.8. The molecule has 136 valence electrons. The van der Waals surface area contributed by atoms with E-state index in [2.05, 4.69) is 20.8 Å². The summed E-state index contributed by atoms with van der Waals surface area (Å²) < 4.78 is 6.00. The van der Waals surface area contributed by atoms with Gasteiger partial charge in [0.2, 0.25) is 11.0 Å². The van der Waals surface area contributed by atoms with E-state index in [9.17, 15) is 4.79 Å². The van der Waals surface area contributed by atoms with Crippen LogP contribution in [-0.2, 0) is 11.3 Å². The highest BCUT2D eigenvalue weighted by Gasteiger charge is 2.10. The molecule has 6 nitrogen and oxygen atoms in total. The summed E-state index contributed by atoms with van der Waals surface area (Å²) in [6.45, 7) is 0.549. The number of furan rings is 1. The highest BCUT2D eigenvalue weighted by Crippen LogP contribution is 2.27. The third-order valence-corrected chi connectivity index (χ3v) is 5.81. The Hall–Kier alpha value is -2.84. The molecule has 0 aliphatic heterocycles. The van der Waals surface area contributed by atoms with Crippen LogP contribution in [0.5, 0.6) is 0 Å².